The van der Waals surface area contributed by atoms with Crippen molar-refractivity contribution in [3.8, 4) is 0 Å². The molecular weight excluding hydrogens is 320 g/mol. The van der Waals surface area contributed by atoms with E-state index in [2.05, 4.69) is 0 Å². The summed E-state index contributed by atoms with van der Waals surface area (Å²) in [5.74, 6) is -0.356. The van der Waals surface area contributed by atoms with Crippen LogP contribution in [0.3, 0.4) is 0 Å². The van der Waals surface area contributed by atoms with Crippen LogP contribution in [0.25, 0.3) is 0 Å². The molecule has 2 aromatic rings. The predicted octanol–water partition coefficient (Wildman–Crippen LogP) is 4.90. The summed E-state index contributed by atoms with van der Waals surface area (Å²) in [6.45, 7) is 0. The zero-order chi connectivity index (χ0) is 14.7. The van der Waals surface area contributed by atoms with E-state index in [0.717, 1.165) is 11.1 Å². The first-order valence-corrected chi connectivity index (χ1v) is 7.22. The third-order valence-corrected chi connectivity index (χ3v) is 3.94. The SMILES string of the molecule is NC(Cc1ccc(F)cc1Cl)Cc1cc(Cl)ccc1Cl. The Morgan fingerprint density at radius 3 is 2.30 bits per heavy atom. The Kier molecular flexibility index (Phi) is 5.28. The van der Waals surface area contributed by atoms with Crippen molar-refractivity contribution >= 4 is 34.8 Å². The minimum absolute atomic E-state index is 0.172. The Hall–Kier alpha value is -0.800. The second-order valence-electron chi connectivity index (χ2n) is 4.64. The van der Waals surface area contributed by atoms with Crippen LogP contribution in [0.2, 0.25) is 15.1 Å². The second-order valence-corrected chi connectivity index (χ2v) is 5.89. The fraction of sp³-hybridized carbons (Fsp3) is 0.200. The van der Waals surface area contributed by atoms with Crippen LogP contribution < -0.4 is 5.73 Å². The van der Waals surface area contributed by atoms with Crippen molar-refractivity contribution in [2.24, 2.45) is 5.73 Å². The molecule has 0 spiro atoms. The number of hydrogen-bond donors (Lipinski definition) is 1. The van der Waals surface area contributed by atoms with E-state index in [1.54, 1.807) is 24.3 Å². The minimum Gasteiger partial charge on any atom is -0.327 e. The smallest absolute Gasteiger partial charge is 0.124 e. The maximum Gasteiger partial charge on any atom is 0.124 e. The summed E-state index contributed by atoms with van der Waals surface area (Å²) in [4.78, 5) is 0. The number of rotatable bonds is 4. The van der Waals surface area contributed by atoms with Gasteiger partial charge in [-0.25, -0.2) is 4.39 Å². The average molecular weight is 333 g/mol. The first-order chi connectivity index (χ1) is 9.45. The molecule has 1 atom stereocenters. The highest BCUT2D eigenvalue weighted by molar-refractivity contribution is 6.33. The van der Waals surface area contributed by atoms with Crippen molar-refractivity contribution in [1.29, 1.82) is 0 Å². The summed E-state index contributed by atoms with van der Waals surface area (Å²) in [6.07, 6.45) is 1.12. The third-order valence-electron chi connectivity index (χ3n) is 2.99. The third kappa shape index (κ3) is 4.10. The van der Waals surface area contributed by atoms with Gasteiger partial charge in [0.05, 0.1) is 0 Å². The first kappa shape index (κ1) is 15.6. The van der Waals surface area contributed by atoms with Gasteiger partial charge in [0.1, 0.15) is 5.82 Å². The van der Waals surface area contributed by atoms with E-state index in [1.807, 2.05) is 0 Å². The molecule has 0 aliphatic heterocycles. The van der Waals surface area contributed by atoms with Gasteiger partial charge >= 0.3 is 0 Å². The summed E-state index contributed by atoms with van der Waals surface area (Å²) in [5.41, 5.74) is 7.82. The fourth-order valence-corrected chi connectivity index (χ4v) is 2.66. The Morgan fingerprint density at radius 2 is 1.60 bits per heavy atom. The van der Waals surface area contributed by atoms with Crippen molar-refractivity contribution in [2.45, 2.75) is 18.9 Å². The van der Waals surface area contributed by atoms with Crippen molar-refractivity contribution in [3.05, 3.63) is 68.4 Å². The predicted molar refractivity (Wildman–Crippen MR) is 83.3 cm³/mol. The van der Waals surface area contributed by atoms with Crippen LogP contribution in [0.4, 0.5) is 4.39 Å². The highest BCUT2D eigenvalue weighted by atomic mass is 35.5. The lowest BCUT2D eigenvalue weighted by molar-refractivity contribution is 0.623. The lowest BCUT2D eigenvalue weighted by atomic mass is 9.99. The van der Waals surface area contributed by atoms with Crippen molar-refractivity contribution in [3.63, 3.8) is 0 Å². The van der Waals surface area contributed by atoms with Gasteiger partial charge in [-0.3, -0.25) is 0 Å². The van der Waals surface area contributed by atoms with E-state index in [1.165, 1.54) is 12.1 Å². The minimum atomic E-state index is -0.356. The molecule has 1 nitrogen and oxygen atoms in total. The maximum absolute atomic E-state index is 13.0. The van der Waals surface area contributed by atoms with E-state index in [-0.39, 0.29) is 11.9 Å². The van der Waals surface area contributed by atoms with Crippen LogP contribution in [-0.2, 0) is 12.8 Å². The molecule has 0 aliphatic rings. The normalized spacial score (nSPS) is 12.4. The van der Waals surface area contributed by atoms with Gasteiger partial charge in [0.2, 0.25) is 0 Å². The van der Waals surface area contributed by atoms with E-state index >= 15 is 0 Å². The monoisotopic (exact) mass is 331 g/mol. The molecule has 1 unspecified atom stereocenters. The average Bonchev–Trinajstić information content (AvgIpc) is 2.37. The molecule has 20 heavy (non-hydrogen) atoms. The van der Waals surface area contributed by atoms with Crippen LogP contribution in [0.1, 0.15) is 11.1 Å². The van der Waals surface area contributed by atoms with Gasteiger partial charge in [-0.05, 0) is 54.3 Å². The largest absolute Gasteiger partial charge is 0.327 e. The van der Waals surface area contributed by atoms with Crippen LogP contribution >= 0.6 is 34.8 Å². The number of benzene rings is 2. The lowest BCUT2D eigenvalue weighted by Crippen LogP contribution is -2.25. The van der Waals surface area contributed by atoms with Crippen LogP contribution in [0.5, 0.6) is 0 Å². The Bertz CT molecular complexity index is 616. The van der Waals surface area contributed by atoms with Gasteiger partial charge in [-0.2, -0.15) is 0 Å². The summed E-state index contributed by atoms with van der Waals surface area (Å²) in [7, 11) is 0. The molecule has 0 aliphatic carbocycles. The number of nitrogens with two attached hydrogens (primary N) is 1. The van der Waals surface area contributed by atoms with E-state index in [9.17, 15) is 4.39 Å². The molecule has 2 N–H and O–H groups in total. The molecule has 0 saturated heterocycles. The van der Waals surface area contributed by atoms with Gasteiger partial charge in [-0.1, -0.05) is 40.9 Å². The van der Waals surface area contributed by atoms with Crippen LogP contribution in [-0.4, -0.2) is 6.04 Å². The summed E-state index contributed by atoms with van der Waals surface area (Å²) >= 11 is 18.0. The van der Waals surface area contributed by atoms with E-state index < -0.39 is 0 Å². The summed E-state index contributed by atoms with van der Waals surface area (Å²) < 4.78 is 13.0. The maximum atomic E-state index is 13.0. The van der Waals surface area contributed by atoms with Gasteiger partial charge in [0, 0.05) is 21.1 Å². The zero-order valence-electron chi connectivity index (χ0n) is 10.5. The molecule has 0 fully saturated rings. The quantitative estimate of drug-likeness (QED) is 0.847. The van der Waals surface area contributed by atoms with E-state index in [4.69, 9.17) is 40.5 Å². The van der Waals surface area contributed by atoms with Gasteiger partial charge in [0.25, 0.3) is 0 Å². The second kappa shape index (κ2) is 6.77. The van der Waals surface area contributed by atoms with Crippen LogP contribution in [0, 0.1) is 5.82 Å². The Morgan fingerprint density at radius 1 is 0.900 bits per heavy atom. The standard InChI is InChI=1S/C15H13Cl3FN/c16-11-2-4-14(17)10(5-11)7-13(20)6-9-1-3-12(19)8-15(9)18/h1-5,8,13H,6-7,20H2. The van der Waals surface area contributed by atoms with E-state index in [0.29, 0.717) is 27.9 Å². The van der Waals surface area contributed by atoms with Gasteiger partial charge < -0.3 is 5.73 Å². The molecule has 5 heteroatoms. The molecule has 0 heterocycles. The topological polar surface area (TPSA) is 26.0 Å². The number of hydrogen-bond acceptors (Lipinski definition) is 1. The summed E-state index contributed by atoms with van der Waals surface area (Å²) in [5, 5.41) is 1.64. The fourth-order valence-electron chi connectivity index (χ4n) is 2.02. The molecule has 0 amide bonds. The molecule has 0 saturated carbocycles. The highest BCUT2D eigenvalue weighted by Gasteiger charge is 2.11. The molecular formula is C15H13Cl3FN. The number of halogens is 4. The van der Waals surface area contributed by atoms with Gasteiger partial charge in [-0.15, -0.1) is 0 Å². The first-order valence-electron chi connectivity index (χ1n) is 6.09. The Labute approximate surface area is 132 Å². The van der Waals surface area contributed by atoms with Crippen LogP contribution in [0.15, 0.2) is 36.4 Å². The molecule has 0 bridgehead atoms. The van der Waals surface area contributed by atoms with Crippen molar-refractivity contribution in [2.75, 3.05) is 0 Å². The Balaban J connectivity index is 2.08. The zero-order valence-corrected chi connectivity index (χ0v) is 12.8. The van der Waals surface area contributed by atoms with Crippen molar-refractivity contribution < 1.29 is 4.39 Å². The molecule has 0 aromatic heterocycles. The van der Waals surface area contributed by atoms with Crippen molar-refractivity contribution in [1.82, 2.24) is 0 Å². The molecule has 106 valence electrons. The molecule has 2 aromatic carbocycles. The molecule has 2 rings (SSSR count). The highest BCUT2D eigenvalue weighted by Crippen LogP contribution is 2.23. The summed E-state index contributed by atoms with van der Waals surface area (Å²) in [6, 6.07) is 9.42. The molecule has 0 radical (unpaired) electrons. The lowest BCUT2D eigenvalue weighted by Gasteiger charge is -2.14. The van der Waals surface area contributed by atoms with Gasteiger partial charge in [0.15, 0.2) is 0 Å².